The molecule has 7 nitrogen and oxygen atoms in total. The fourth-order valence-corrected chi connectivity index (χ4v) is 4.07. The maximum atomic E-state index is 12.6. The molecule has 0 spiro atoms. The van der Waals surface area contributed by atoms with Crippen LogP contribution in [0.5, 0.6) is 11.8 Å². The molecule has 0 saturated carbocycles. The van der Waals surface area contributed by atoms with E-state index in [2.05, 4.69) is 21.0 Å². The van der Waals surface area contributed by atoms with Crippen molar-refractivity contribution in [1.29, 1.82) is 0 Å². The summed E-state index contributed by atoms with van der Waals surface area (Å²) < 4.78 is 11.0. The molecule has 1 aromatic carbocycles. The van der Waals surface area contributed by atoms with E-state index in [0.29, 0.717) is 30.6 Å². The van der Waals surface area contributed by atoms with Gasteiger partial charge in [0, 0.05) is 47.4 Å². The van der Waals surface area contributed by atoms with Crippen molar-refractivity contribution in [2.24, 2.45) is 0 Å². The number of rotatable bonds is 6. The second kappa shape index (κ2) is 7.87. The number of nitrogens with zero attached hydrogens (tertiary/aromatic N) is 3. The fraction of sp³-hybridized carbons (Fsp3) is 0.316. The standard InChI is InChI=1S/C19H20N4O3S/c1-25-18-19(21-8-7-20-18)26-13-6-9-23(11-13)17(24)12-27-16-10-22-15-5-3-2-4-14(15)16/h2-5,7-8,10,13,22H,6,9,11-12H2,1H3. The summed E-state index contributed by atoms with van der Waals surface area (Å²) in [4.78, 5) is 27.0. The van der Waals surface area contributed by atoms with Gasteiger partial charge in [-0.2, -0.15) is 0 Å². The predicted molar refractivity (Wildman–Crippen MR) is 103 cm³/mol. The van der Waals surface area contributed by atoms with Gasteiger partial charge in [0.05, 0.1) is 19.4 Å². The average Bonchev–Trinajstić information content (AvgIpc) is 3.34. The summed E-state index contributed by atoms with van der Waals surface area (Å²) in [6, 6.07) is 8.09. The van der Waals surface area contributed by atoms with Crippen molar-refractivity contribution in [3.63, 3.8) is 0 Å². The summed E-state index contributed by atoms with van der Waals surface area (Å²) in [6.07, 6.45) is 5.74. The first-order valence-electron chi connectivity index (χ1n) is 8.73. The van der Waals surface area contributed by atoms with Gasteiger partial charge >= 0.3 is 0 Å². The van der Waals surface area contributed by atoms with E-state index in [1.54, 1.807) is 24.2 Å². The molecule has 3 heterocycles. The van der Waals surface area contributed by atoms with Crippen molar-refractivity contribution in [2.45, 2.75) is 17.4 Å². The number of H-pyrrole nitrogens is 1. The van der Waals surface area contributed by atoms with E-state index >= 15 is 0 Å². The van der Waals surface area contributed by atoms with Crippen LogP contribution in [0.4, 0.5) is 0 Å². The highest BCUT2D eigenvalue weighted by Gasteiger charge is 2.28. The molecule has 0 aliphatic carbocycles. The van der Waals surface area contributed by atoms with E-state index < -0.39 is 0 Å². The van der Waals surface area contributed by atoms with Crippen LogP contribution in [0.25, 0.3) is 10.9 Å². The highest BCUT2D eigenvalue weighted by molar-refractivity contribution is 8.00. The monoisotopic (exact) mass is 384 g/mol. The number of thioether (sulfide) groups is 1. The minimum absolute atomic E-state index is 0.0994. The van der Waals surface area contributed by atoms with Crippen LogP contribution in [0.3, 0.4) is 0 Å². The lowest BCUT2D eigenvalue weighted by Gasteiger charge is -2.17. The molecule has 1 unspecified atom stereocenters. The van der Waals surface area contributed by atoms with E-state index in [9.17, 15) is 4.79 Å². The molecule has 2 aromatic heterocycles. The quantitative estimate of drug-likeness (QED) is 0.658. The Morgan fingerprint density at radius 3 is 2.96 bits per heavy atom. The number of para-hydroxylation sites is 1. The number of hydrogen-bond acceptors (Lipinski definition) is 6. The van der Waals surface area contributed by atoms with Crippen molar-refractivity contribution in [3.05, 3.63) is 42.9 Å². The molecule has 4 rings (SSSR count). The Balaban J connectivity index is 1.32. The van der Waals surface area contributed by atoms with Gasteiger partial charge in [0.15, 0.2) is 0 Å². The van der Waals surface area contributed by atoms with Crippen molar-refractivity contribution < 1.29 is 14.3 Å². The van der Waals surface area contributed by atoms with Gasteiger partial charge in [-0.1, -0.05) is 18.2 Å². The first-order valence-corrected chi connectivity index (χ1v) is 9.71. The number of aromatic nitrogens is 3. The van der Waals surface area contributed by atoms with Crippen LogP contribution in [-0.4, -0.2) is 57.8 Å². The average molecular weight is 384 g/mol. The number of nitrogens with one attached hydrogen (secondary N) is 1. The fourth-order valence-electron chi connectivity index (χ4n) is 3.14. The molecule has 8 heteroatoms. The van der Waals surface area contributed by atoms with Crippen molar-refractivity contribution in [2.75, 3.05) is 26.0 Å². The Hall–Kier alpha value is -2.74. The minimum atomic E-state index is -0.0994. The van der Waals surface area contributed by atoms with Crippen LogP contribution in [-0.2, 0) is 4.79 Å². The Bertz CT molecular complexity index is 945. The Kier molecular flexibility index (Phi) is 5.15. The predicted octanol–water partition coefficient (Wildman–Crippen LogP) is 2.74. The van der Waals surface area contributed by atoms with Crippen LogP contribution in [0, 0.1) is 0 Å². The third kappa shape index (κ3) is 3.85. The van der Waals surface area contributed by atoms with Gasteiger partial charge in [-0.25, -0.2) is 9.97 Å². The second-order valence-corrected chi connectivity index (χ2v) is 7.24. The minimum Gasteiger partial charge on any atom is -0.477 e. The largest absolute Gasteiger partial charge is 0.477 e. The highest BCUT2D eigenvalue weighted by Crippen LogP contribution is 2.29. The van der Waals surface area contributed by atoms with Gasteiger partial charge in [-0.05, 0) is 6.07 Å². The lowest BCUT2D eigenvalue weighted by atomic mass is 10.2. The molecule has 1 aliphatic rings. The molecule has 0 radical (unpaired) electrons. The highest BCUT2D eigenvalue weighted by atomic mass is 32.2. The van der Waals surface area contributed by atoms with E-state index in [1.807, 2.05) is 29.3 Å². The number of hydrogen-bond donors (Lipinski definition) is 1. The Morgan fingerprint density at radius 2 is 2.11 bits per heavy atom. The summed E-state index contributed by atoms with van der Waals surface area (Å²) in [5.41, 5.74) is 1.08. The van der Waals surface area contributed by atoms with Crippen LogP contribution < -0.4 is 9.47 Å². The molecule has 1 aliphatic heterocycles. The summed E-state index contributed by atoms with van der Waals surface area (Å²) in [7, 11) is 1.53. The maximum absolute atomic E-state index is 12.6. The van der Waals surface area contributed by atoms with Crippen molar-refractivity contribution in [1.82, 2.24) is 19.9 Å². The molecule has 3 aromatic rings. The number of carbonyl (C=O) groups excluding carboxylic acids is 1. The molecule has 140 valence electrons. The van der Waals surface area contributed by atoms with Crippen LogP contribution in [0.1, 0.15) is 6.42 Å². The summed E-state index contributed by atoms with van der Waals surface area (Å²) >= 11 is 1.56. The zero-order valence-corrected chi connectivity index (χ0v) is 15.7. The number of amides is 1. The van der Waals surface area contributed by atoms with Gasteiger partial charge in [0.1, 0.15) is 6.10 Å². The lowest BCUT2D eigenvalue weighted by Crippen LogP contribution is -2.32. The summed E-state index contributed by atoms with van der Waals surface area (Å²) in [6.45, 7) is 1.23. The first kappa shape index (κ1) is 17.7. The van der Waals surface area contributed by atoms with E-state index in [1.165, 1.54) is 7.11 Å². The maximum Gasteiger partial charge on any atom is 0.278 e. The normalized spacial score (nSPS) is 16.6. The topological polar surface area (TPSA) is 80.3 Å². The molecule has 0 bridgehead atoms. The van der Waals surface area contributed by atoms with E-state index in [4.69, 9.17) is 9.47 Å². The Labute approximate surface area is 161 Å². The number of aromatic amines is 1. The smallest absolute Gasteiger partial charge is 0.278 e. The number of carbonyl (C=O) groups is 1. The number of benzene rings is 1. The zero-order valence-electron chi connectivity index (χ0n) is 14.9. The molecule has 1 fully saturated rings. The third-order valence-electron chi connectivity index (χ3n) is 4.51. The molecule has 1 amide bonds. The number of likely N-dealkylation sites (tertiary alicyclic amines) is 1. The van der Waals surface area contributed by atoms with Gasteiger partial charge < -0.3 is 19.4 Å². The summed E-state index contributed by atoms with van der Waals surface area (Å²) in [5, 5.41) is 1.15. The number of methoxy groups -OCH3 is 1. The van der Waals surface area contributed by atoms with Crippen LogP contribution in [0.2, 0.25) is 0 Å². The van der Waals surface area contributed by atoms with Crippen molar-refractivity contribution in [3.8, 4) is 11.8 Å². The Morgan fingerprint density at radius 1 is 1.30 bits per heavy atom. The molecular weight excluding hydrogens is 364 g/mol. The number of fused-ring (bicyclic) bond motifs is 1. The first-order chi connectivity index (χ1) is 13.2. The molecule has 1 atom stereocenters. The zero-order chi connectivity index (χ0) is 18.6. The summed E-state index contributed by atoms with van der Waals surface area (Å²) in [5.74, 6) is 1.25. The number of ether oxygens (including phenoxy) is 2. The van der Waals surface area contributed by atoms with Crippen molar-refractivity contribution >= 4 is 28.6 Å². The second-order valence-electron chi connectivity index (χ2n) is 6.23. The van der Waals surface area contributed by atoms with E-state index in [-0.39, 0.29) is 12.0 Å². The molecular formula is C19H20N4O3S. The van der Waals surface area contributed by atoms with Gasteiger partial charge in [-0.15, -0.1) is 11.8 Å². The SMILES string of the molecule is COc1nccnc1OC1CCN(C(=O)CSc2c[nH]c3ccccc23)C1. The van der Waals surface area contributed by atoms with E-state index in [0.717, 1.165) is 22.2 Å². The van der Waals surface area contributed by atoms with Gasteiger partial charge in [0.25, 0.3) is 11.8 Å². The van der Waals surface area contributed by atoms with Gasteiger partial charge in [-0.3, -0.25) is 4.79 Å². The van der Waals surface area contributed by atoms with Crippen LogP contribution in [0.15, 0.2) is 47.8 Å². The van der Waals surface area contributed by atoms with Gasteiger partial charge in [0.2, 0.25) is 5.91 Å². The van der Waals surface area contributed by atoms with Crippen LogP contribution >= 0.6 is 11.8 Å². The lowest BCUT2D eigenvalue weighted by molar-refractivity contribution is -0.127. The molecule has 1 saturated heterocycles. The third-order valence-corrected chi connectivity index (χ3v) is 5.55. The molecule has 27 heavy (non-hydrogen) atoms. The molecule has 1 N–H and O–H groups in total.